The molecule has 1 unspecified atom stereocenters. The summed E-state index contributed by atoms with van der Waals surface area (Å²) in [4.78, 5) is 29.5. The van der Waals surface area contributed by atoms with Gasteiger partial charge in [0.25, 0.3) is 5.91 Å². The molecule has 4 fully saturated rings. The number of rotatable bonds is 5. The number of esters is 1. The van der Waals surface area contributed by atoms with Gasteiger partial charge in [0.2, 0.25) is 0 Å². The van der Waals surface area contributed by atoms with Crippen molar-refractivity contribution in [3.05, 3.63) is 35.8 Å². The van der Waals surface area contributed by atoms with E-state index in [9.17, 15) is 9.59 Å². The van der Waals surface area contributed by atoms with Crippen molar-refractivity contribution in [3.63, 3.8) is 0 Å². The minimum absolute atomic E-state index is 0.105. The molecule has 6 heteroatoms. The Labute approximate surface area is 171 Å². The third-order valence-corrected chi connectivity index (χ3v) is 7.56. The van der Waals surface area contributed by atoms with E-state index in [0.29, 0.717) is 17.9 Å². The van der Waals surface area contributed by atoms with Gasteiger partial charge in [0.15, 0.2) is 5.69 Å². The number of nitrogens with zero attached hydrogens (tertiary/aromatic N) is 2. The normalized spacial score (nSPS) is 31.0. The number of pyridine rings is 1. The topological polar surface area (TPSA) is 72.7 Å². The average Bonchev–Trinajstić information content (AvgIpc) is 3.11. The fourth-order valence-corrected chi connectivity index (χ4v) is 6.63. The summed E-state index contributed by atoms with van der Waals surface area (Å²) in [7, 11) is 0. The highest BCUT2D eigenvalue weighted by atomic mass is 16.5. The number of imidazole rings is 1. The number of ether oxygens (including phenoxy) is 1. The molecule has 1 atom stereocenters. The second kappa shape index (κ2) is 6.85. The zero-order chi connectivity index (χ0) is 20.2. The summed E-state index contributed by atoms with van der Waals surface area (Å²) in [6.45, 7) is 4.24. The van der Waals surface area contributed by atoms with Gasteiger partial charge < -0.3 is 10.1 Å². The number of nitrogens with one attached hydrogen (secondary N) is 1. The lowest BCUT2D eigenvalue weighted by Crippen LogP contribution is -2.55. The van der Waals surface area contributed by atoms with Crippen LogP contribution in [0.5, 0.6) is 0 Å². The molecule has 6 rings (SSSR count). The smallest absolute Gasteiger partial charge is 0.358 e. The van der Waals surface area contributed by atoms with Gasteiger partial charge in [-0.2, -0.15) is 0 Å². The van der Waals surface area contributed by atoms with Crippen LogP contribution in [-0.2, 0) is 4.74 Å². The summed E-state index contributed by atoms with van der Waals surface area (Å²) < 4.78 is 6.73. The van der Waals surface area contributed by atoms with Crippen molar-refractivity contribution in [2.45, 2.75) is 58.4 Å². The lowest BCUT2D eigenvalue weighted by atomic mass is 9.48. The van der Waals surface area contributed by atoms with E-state index in [-0.39, 0.29) is 23.1 Å². The SMILES string of the molecule is CCOC(=O)c1cn2c(C(=O)NC(C)C34CC5CC(CC(C5)C3)C4)cccc2n1. The standard InChI is InChI=1S/C23H29N3O3/c1-3-29-22(28)18-13-26-19(5-4-6-20(26)25-18)21(27)24-14(2)23-10-15-7-16(11-23)9-17(8-15)12-23/h4-6,13-17H,3,7-12H2,1-2H3,(H,24,27). The molecule has 154 valence electrons. The van der Waals surface area contributed by atoms with E-state index in [4.69, 9.17) is 4.74 Å². The van der Waals surface area contributed by atoms with Crippen molar-refractivity contribution >= 4 is 17.5 Å². The lowest BCUT2D eigenvalue weighted by molar-refractivity contribution is -0.0688. The van der Waals surface area contributed by atoms with Gasteiger partial charge >= 0.3 is 5.97 Å². The predicted octanol–water partition coefficient (Wildman–Crippen LogP) is 3.85. The van der Waals surface area contributed by atoms with E-state index in [1.807, 2.05) is 6.07 Å². The van der Waals surface area contributed by atoms with E-state index < -0.39 is 5.97 Å². The lowest BCUT2D eigenvalue weighted by Gasteiger charge is -2.59. The number of carbonyl (C=O) groups excluding carboxylic acids is 2. The highest BCUT2D eigenvalue weighted by Crippen LogP contribution is 2.61. The summed E-state index contributed by atoms with van der Waals surface area (Å²) in [5.74, 6) is 1.98. The Hall–Kier alpha value is -2.37. The van der Waals surface area contributed by atoms with E-state index in [2.05, 4.69) is 17.2 Å². The molecule has 0 aromatic carbocycles. The summed E-state index contributed by atoms with van der Waals surface area (Å²) in [6.07, 6.45) is 9.53. The Morgan fingerprint density at radius 1 is 1.21 bits per heavy atom. The molecule has 0 aliphatic heterocycles. The van der Waals surface area contributed by atoms with Crippen LogP contribution in [0.3, 0.4) is 0 Å². The van der Waals surface area contributed by atoms with E-state index >= 15 is 0 Å². The van der Waals surface area contributed by atoms with Crippen LogP contribution in [0.1, 0.15) is 73.3 Å². The predicted molar refractivity (Wildman–Crippen MR) is 109 cm³/mol. The highest BCUT2D eigenvalue weighted by Gasteiger charge is 2.53. The van der Waals surface area contributed by atoms with Gasteiger partial charge in [-0.15, -0.1) is 0 Å². The van der Waals surface area contributed by atoms with E-state index in [1.165, 1.54) is 38.5 Å². The van der Waals surface area contributed by atoms with Crippen molar-refractivity contribution in [1.82, 2.24) is 14.7 Å². The van der Waals surface area contributed by atoms with Crippen molar-refractivity contribution in [2.24, 2.45) is 23.2 Å². The molecule has 29 heavy (non-hydrogen) atoms. The Kier molecular flexibility index (Phi) is 4.41. The summed E-state index contributed by atoms with van der Waals surface area (Å²) in [5, 5.41) is 3.31. The molecule has 0 radical (unpaired) electrons. The first-order valence-electron chi connectivity index (χ1n) is 10.9. The van der Waals surface area contributed by atoms with Crippen molar-refractivity contribution < 1.29 is 14.3 Å². The molecular weight excluding hydrogens is 366 g/mol. The molecule has 1 N–H and O–H groups in total. The van der Waals surface area contributed by atoms with Gasteiger partial charge in [-0.3, -0.25) is 9.20 Å². The molecule has 4 aliphatic rings. The van der Waals surface area contributed by atoms with Crippen LogP contribution in [0.2, 0.25) is 0 Å². The fourth-order valence-electron chi connectivity index (χ4n) is 6.63. The van der Waals surface area contributed by atoms with Crippen LogP contribution in [0.4, 0.5) is 0 Å². The number of amides is 1. The van der Waals surface area contributed by atoms with Gasteiger partial charge in [0.1, 0.15) is 11.3 Å². The number of hydrogen-bond acceptors (Lipinski definition) is 4. The minimum atomic E-state index is -0.468. The molecular formula is C23H29N3O3. The monoisotopic (exact) mass is 395 g/mol. The van der Waals surface area contributed by atoms with Gasteiger partial charge in [-0.25, -0.2) is 9.78 Å². The molecule has 2 heterocycles. The third-order valence-electron chi connectivity index (χ3n) is 7.56. The highest BCUT2D eigenvalue weighted by molar-refractivity contribution is 5.94. The first-order chi connectivity index (χ1) is 14.0. The van der Waals surface area contributed by atoms with Gasteiger partial charge in [-0.05, 0) is 87.7 Å². The maximum atomic E-state index is 13.2. The molecule has 6 nitrogen and oxygen atoms in total. The first kappa shape index (κ1) is 18.6. The van der Waals surface area contributed by atoms with Gasteiger partial charge in [-0.1, -0.05) is 6.07 Å². The second-order valence-electron chi connectivity index (χ2n) is 9.46. The minimum Gasteiger partial charge on any atom is -0.461 e. The van der Waals surface area contributed by atoms with Crippen LogP contribution in [0, 0.1) is 23.2 Å². The van der Waals surface area contributed by atoms with Gasteiger partial charge in [0.05, 0.1) is 6.61 Å². The average molecular weight is 396 g/mol. The van der Waals surface area contributed by atoms with E-state index in [0.717, 1.165) is 17.8 Å². The molecule has 2 aromatic rings. The Bertz CT molecular complexity index is 928. The molecule has 0 saturated heterocycles. The zero-order valence-corrected chi connectivity index (χ0v) is 17.2. The van der Waals surface area contributed by atoms with Crippen LogP contribution < -0.4 is 5.32 Å². The van der Waals surface area contributed by atoms with E-state index in [1.54, 1.807) is 29.7 Å². The number of hydrogen-bond donors (Lipinski definition) is 1. The fraction of sp³-hybridized carbons (Fsp3) is 0.609. The Balaban J connectivity index is 1.38. The van der Waals surface area contributed by atoms with Crippen LogP contribution >= 0.6 is 0 Å². The van der Waals surface area contributed by atoms with Crippen LogP contribution in [0.15, 0.2) is 24.4 Å². The summed E-state index contributed by atoms with van der Waals surface area (Å²) in [5.41, 5.74) is 1.55. The summed E-state index contributed by atoms with van der Waals surface area (Å²) >= 11 is 0. The summed E-state index contributed by atoms with van der Waals surface area (Å²) in [6, 6.07) is 5.53. The Morgan fingerprint density at radius 2 is 1.86 bits per heavy atom. The first-order valence-corrected chi connectivity index (χ1v) is 10.9. The number of aromatic nitrogens is 2. The van der Waals surface area contributed by atoms with Crippen LogP contribution in [-0.4, -0.2) is 33.9 Å². The maximum Gasteiger partial charge on any atom is 0.358 e. The molecule has 0 spiro atoms. The quantitative estimate of drug-likeness (QED) is 0.781. The largest absolute Gasteiger partial charge is 0.461 e. The molecule has 1 amide bonds. The molecule has 2 aromatic heterocycles. The van der Waals surface area contributed by atoms with Crippen molar-refractivity contribution in [3.8, 4) is 0 Å². The molecule has 4 aliphatic carbocycles. The molecule has 4 bridgehead atoms. The Morgan fingerprint density at radius 3 is 2.48 bits per heavy atom. The van der Waals surface area contributed by atoms with Crippen LogP contribution in [0.25, 0.3) is 5.65 Å². The number of fused-ring (bicyclic) bond motifs is 1. The van der Waals surface area contributed by atoms with Crippen molar-refractivity contribution in [2.75, 3.05) is 6.61 Å². The molecule has 4 saturated carbocycles. The second-order valence-corrected chi connectivity index (χ2v) is 9.46. The zero-order valence-electron chi connectivity index (χ0n) is 17.2. The van der Waals surface area contributed by atoms with Gasteiger partial charge in [0, 0.05) is 12.2 Å². The number of carbonyl (C=O) groups is 2. The van der Waals surface area contributed by atoms with Crippen molar-refractivity contribution in [1.29, 1.82) is 0 Å². The maximum absolute atomic E-state index is 13.2. The third kappa shape index (κ3) is 3.13.